The summed E-state index contributed by atoms with van der Waals surface area (Å²) < 4.78 is 105. The fourth-order valence-electron chi connectivity index (χ4n) is 7.02. The number of hydrogen-bond donors (Lipinski definition) is 0. The van der Waals surface area contributed by atoms with Gasteiger partial charge >= 0.3 is 0 Å². The minimum Gasteiger partial charge on any atom is -0.494 e. The summed E-state index contributed by atoms with van der Waals surface area (Å²) in [5.41, 5.74) is 1.87. The maximum absolute atomic E-state index is 13.3. The third kappa shape index (κ3) is 11.3. The van der Waals surface area contributed by atoms with Crippen LogP contribution >= 0.6 is 0 Å². The first-order chi connectivity index (χ1) is 33.7. The summed E-state index contributed by atoms with van der Waals surface area (Å²) in [4.78, 5) is 24.2. The Labute approximate surface area is 401 Å². The van der Waals surface area contributed by atoms with Crippen LogP contribution in [0.15, 0.2) is 110 Å². The molecule has 6 aromatic heterocycles. The third-order valence-corrected chi connectivity index (χ3v) is 14.8. The zero-order valence-electron chi connectivity index (χ0n) is 38.6. The van der Waals surface area contributed by atoms with Crippen molar-refractivity contribution in [3.8, 4) is 57.4 Å². The summed E-state index contributed by atoms with van der Waals surface area (Å²) in [6.07, 6.45) is 7.27. The normalized spacial score (nSPS) is 12.3. The van der Waals surface area contributed by atoms with E-state index in [9.17, 15) is 25.6 Å². The number of nitrogens with zero attached hydrogens (tertiary/aromatic N) is 12. The van der Waals surface area contributed by atoms with E-state index in [0.29, 0.717) is 57.4 Å². The van der Waals surface area contributed by atoms with E-state index in [0.717, 1.165) is 24.8 Å². The van der Waals surface area contributed by atoms with Gasteiger partial charge in [0.1, 0.15) is 68.9 Å². The predicted molar refractivity (Wildman–Crippen MR) is 251 cm³/mol. The molecule has 24 heteroatoms. The first kappa shape index (κ1) is 50.0. The number of halogens is 2. The van der Waals surface area contributed by atoms with Gasteiger partial charge in [-0.05, 0) is 62.4 Å². The minimum atomic E-state index is -3.76. The van der Waals surface area contributed by atoms with Crippen LogP contribution < -0.4 is 18.9 Å². The Kier molecular flexibility index (Phi) is 15.8. The van der Waals surface area contributed by atoms with Crippen molar-refractivity contribution in [1.82, 2.24) is 59.4 Å². The van der Waals surface area contributed by atoms with Crippen molar-refractivity contribution in [1.29, 1.82) is 0 Å². The summed E-state index contributed by atoms with van der Waals surface area (Å²) in [5, 5.41) is 15.2. The highest BCUT2D eigenvalue weighted by Crippen LogP contribution is 2.38. The topological polar surface area (TPSA) is 244 Å². The molecule has 0 aliphatic heterocycles. The van der Waals surface area contributed by atoms with Gasteiger partial charge in [0.05, 0.1) is 63.7 Å². The number of aromatic nitrogens is 12. The van der Waals surface area contributed by atoms with Crippen LogP contribution in [0.3, 0.4) is 0 Å². The standard InChI is InChI=1S/2C23H23FN6O4S/c2*1-15(11-20-26-12-16(24)13-27-20)35(31,32)14-21-28-29-23(17-7-4-5-10-25-17)30(21)22-18(33-2)8-6-9-19(22)34-3/h2*4-10,12-13,15H,11,14H2,1-3H3/t2*15-/m10/s1. The highest BCUT2D eigenvalue weighted by molar-refractivity contribution is 7.91. The quantitative estimate of drug-likeness (QED) is 0.101. The maximum atomic E-state index is 13.3. The van der Waals surface area contributed by atoms with Crippen LogP contribution in [0.4, 0.5) is 8.78 Å². The van der Waals surface area contributed by atoms with Crippen molar-refractivity contribution in [3.63, 3.8) is 0 Å². The van der Waals surface area contributed by atoms with Crippen molar-refractivity contribution < 1.29 is 44.6 Å². The molecule has 0 N–H and O–H groups in total. The second kappa shape index (κ2) is 22.1. The smallest absolute Gasteiger partial charge is 0.187 e. The molecular formula is C46H46F2N12O8S2. The number of para-hydroxylation sites is 2. The molecule has 0 fully saturated rings. The molecule has 70 heavy (non-hydrogen) atoms. The average Bonchev–Trinajstić information content (AvgIpc) is 3.98. The van der Waals surface area contributed by atoms with Gasteiger partial charge in [-0.25, -0.2) is 45.6 Å². The lowest BCUT2D eigenvalue weighted by Crippen LogP contribution is -2.24. The fourth-order valence-corrected chi connectivity index (χ4v) is 9.49. The van der Waals surface area contributed by atoms with Gasteiger partial charge in [0.25, 0.3) is 0 Å². The lowest BCUT2D eigenvalue weighted by molar-refractivity contribution is 0.390. The zero-order valence-corrected chi connectivity index (χ0v) is 40.2. The molecule has 364 valence electrons. The van der Waals surface area contributed by atoms with E-state index in [2.05, 4.69) is 50.3 Å². The summed E-state index contributed by atoms with van der Waals surface area (Å²) in [7, 11) is -1.50. The van der Waals surface area contributed by atoms with Crippen molar-refractivity contribution in [2.45, 2.75) is 48.7 Å². The van der Waals surface area contributed by atoms with Gasteiger partial charge < -0.3 is 18.9 Å². The number of methoxy groups -OCH3 is 4. The molecule has 2 aromatic carbocycles. The Morgan fingerprint density at radius 2 is 0.829 bits per heavy atom. The number of ether oxygens (including phenoxy) is 4. The van der Waals surface area contributed by atoms with Gasteiger partial charge in [-0.15, -0.1) is 20.4 Å². The fraction of sp³-hybridized carbons (Fsp3) is 0.261. The molecule has 0 saturated carbocycles. The molecule has 0 saturated heterocycles. The van der Waals surface area contributed by atoms with Crippen LogP contribution in [0.1, 0.15) is 37.1 Å². The van der Waals surface area contributed by atoms with E-state index >= 15 is 0 Å². The molecule has 0 amide bonds. The molecule has 20 nitrogen and oxygen atoms in total. The Morgan fingerprint density at radius 3 is 1.13 bits per heavy atom. The lowest BCUT2D eigenvalue weighted by atomic mass is 10.2. The zero-order chi connectivity index (χ0) is 50.0. The second-order valence-corrected chi connectivity index (χ2v) is 20.1. The Morgan fingerprint density at radius 1 is 0.486 bits per heavy atom. The van der Waals surface area contributed by atoms with E-state index in [1.807, 2.05) is 0 Å². The van der Waals surface area contributed by atoms with Gasteiger partial charge in [0.2, 0.25) is 0 Å². The summed E-state index contributed by atoms with van der Waals surface area (Å²) in [6.45, 7) is 3.10. The Hall–Kier alpha value is -7.86. The molecule has 0 radical (unpaired) electrons. The maximum Gasteiger partial charge on any atom is 0.187 e. The number of benzene rings is 2. The highest BCUT2D eigenvalue weighted by atomic mass is 32.2. The van der Waals surface area contributed by atoms with Gasteiger partial charge in [-0.3, -0.25) is 19.1 Å². The molecule has 8 rings (SSSR count). The SMILES string of the molecule is COc1cccc(OC)c1-n1c(CS(=O)(=O)[C@@H](C)Cc2ncc(F)cn2)nnc1-c1ccccn1.COc1cccc(OC)c1-n1c(CS(=O)(=O)[C@H](C)Cc2ncc(F)cn2)nnc1-c1ccccn1. The predicted octanol–water partition coefficient (Wildman–Crippen LogP) is 5.64. The third-order valence-electron chi connectivity index (χ3n) is 10.7. The second-order valence-electron chi connectivity index (χ2n) is 15.3. The summed E-state index contributed by atoms with van der Waals surface area (Å²) in [6, 6.07) is 21.0. The minimum absolute atomic E-state index is 0.0157. The van der Waals surface area contributed by atoms with Crippen LogP contribution in [0.25, 0.3) is 34.4 Å². The van der Waals surface area contributed by atoms with Crippen molar-refractivity contribution in [2.75, 3.05) is 28.4 Å². The first-order valence-electron chi connectivity index (χ1n) is 21.2. The van der Waals surface area contributed by atoms with Gasteiger partial charge in [0.15, 0.2) is 54.6 Å². The summed E-state index contributed by atoms with van der Waals surface area (Å²) >= 11 is 0. The molecule has 8 aromatic rings. The molecule has 0 bridgehead atoms. The Bertz CT molecular complexity index is 3000. The van der Waals surface area contributed by atoms with E-state index in [4.69, 9.17) is 18.9 Å². The molecule has 6 heterocycles. The van der Waals surface area contributed by atoms with Gasteiger partial charge in [-0.2, -0.15) is 0 Å². The number of rotatable bonds is 18. The monoisotopic (exact) mass is 996 g/mol. The molecular weight excluding hydrogens is 951 g/mol. The number of pyridine rings is 2. The van der Waals surface area contributed by atoms with E-state index < -0.39 is 53.3 Å². The van der Waals surface area contributed by atoms with Crippen LogP contribution in [-0.2, 0) is 44.0 Å². The summed E-state index contributed by atoms with van der Waals surface area (Å²) in [5.74, 6) is 1.11. The first-order valence-corrected chi connectivity index (χ1v) is 24.6. The van der Waals surface area contributed by atoms with E-state index in [1.54, 1.807) is 108 Å². The highest BCUT2D eigenvalue weighted by Gasteiger charge is 2.31. The molecule has 0 spiro atoms. The largest absolute Gasteiger partial charge is 0.494 e. The van der Waals surface area contributed by atoms with Crippen molar-refractivity contribution in [3.05, 3.63) is 145 Å². The van der Waals surface area contributed by atoms with Gasteiger partial charge in [0, 0.05) is 25.2 Å². The van der Waals surface area contributed by atoms with Crippen molar-refractivity contribution in [2.24, 2.45) is 0 Å². The molecule has 2 atom stereocenters. The van der Waals surface area contributed by atoms with Crippen LogP contribution in [-0.4, -0.2) is 115 Å². The van der Waals surface area contributed by atoms with E-state index in [-0.39, 0.29) is 36.1 Å². The van der Waals surface area contributed by atoms with E-state index in [1.165, 1.54) is 28.4 Å². The molecule has 0 unspecified atom stereocenters. The lowest BCUT2D eigenvalue weighted by Gasteiger charge is -2.18. The van der Waals surface area contributed by atoms with Crippen LogP contribution in [0.5, 0.6) is 23.0 Å². The van der Waals surface area contributed by atoms with Crippen LogP contribution in [0, 0.1) is 11.6 Å². The van der Waals surface area contributed by atoms with Crippen molar-refractivity contribution >= 4 is 19.7 Å². The van der Waals surface area contributed by atoms with Crippen LogP contribution in [0.2, 0.25) is 0 Å². The van der Waals surface area contributed by atoms with Gasteiger partial charge in [-0.1, -0.05) is 24.3 Å². The number of sulfone groups is 2. The number of hydrogen-bond acceptors (Lipinski definition) is 18. The molecule has 0 aliphatic carbocycles. The Balaban J connectivity index is 0.000000206. The average molecular weight is 997 g/mol. The molecule has 0 aliphatic rings.